The van der Waals surface area contributed by atoms with Gasteiger partial charge in [-0.3, -0.25) is 0 Å². The fourth-order valence-electron chi connectivity index (χ4n) is 0.888. The molecule has 0 aliphatic rings. The summed E-state index contributed by atoms with van der Waals surface area (Å²) in [5.74, 6) is 0. The van der Waals surface area contributed by atoms with Gasteiger partial charge in [-0.05, 0) is 12.8 Å². The maximum Gasteiger partial charge on any atom is 0.125 e. The molecule has 0 fully saturated rings. The highest BCUT2D eigenvalue weighted by atomic mass is 35.5. The van der Waals surface area contributed by atoms with Crippen molar-refractivity contribution < 1.29 is 0 Å². The average Bonchev–Trinajstić information content (AvgIpc) is 1.96. The van der Waals surface area contributed by atoms with Crippen molar-refractivity contribution >= 4 is 23.2 Å². The number of alkyl halides is 2. The average molecular weight is 195 g/mol. The van der Waals surface area contributed by atoms with Crippen LogP contribution in [0.1, 0.15) is 39.0 Å². The first-order valence-electron chi connectivity index (χ1n) is 4.22. The Morgan fingerprint density at radius 3 is 2.45 bits per heavy atom. The van der Waals surface area contributed by atoms with Crippen molar-refractivity contribution in [3.8, 4) is 0 Å². The van der Waals surface area contributed by atoms with Gasteiger partial charge in [0.1, 0.15) is 4.84 Å². The van der Waals surface area contributed by atoms with E-state index in [0.29, 0.717) is 0 Å². The summed E-state index contributed by atoms with van der Waals surface area (Å²) in [5, 5.41) is 0. The second kappa shape index (κ2) is 8.42. The molecule has 0 heterocycles. The lowest BCUT2D eigenvalue weighted by Gasteiger charge is -1.94. The summed E-state index contributed by atoms with van der Waals surface area (Å²) in [5.41, 5.74) is 0. The summed E-state index contributed by atoms with van der Waals surface area (Å²) in [6, 6.07) is 0. The van der Waals surface area contributed by atoms with E-state index in [1.165, 1.54) is 25.7 Å². The molecule has 0 aromatic carbocycles. The molecule has 0 unspecified atom stereocenters. The molecule has 0 N–H and O–H groups in total. The SMILES string of the molecule is CCCCCC/C=C/C(Cl)Cl. The summed E-state index contributed by atoms with van der Waals surface area (Å²) < 4.78 is 0. The molecule has 0 aromatic heterocycles. The molecule has 0 nitrogen and oxygen atoms in total. The topological polar surface area (TPSA) is 0 Å². The van der Waals surface area contributed by atoms with Crippen molar-refractivity contribution in [3.05, 3.63) is 12.2 Å². The van der Waals surface area contributed by atoms with Crippen molar-refractivity contribution in [2.75, 3.05) is 0 Å². The Kier molecular flexibility index (Phi) is 8.66. The molecule has 0 rings (SSSR count). The largest absolute Gasteiger partial charge is 0.125 e. The Balaban J connectivity index is 3.01. The zero-order valence-electron chi connectivity index (χ0n) is 7.02. The van der Waals surface area contributed by atoms with Crippen LogP contribution in [0.5, 0.6) is 0 Å². The third-order valence-electron chi connectivity index (χ3n) is 1.51. The molecule has 11 heavy (non-hydrogen) atoms. The molecule has 0 aromatic rings. The summed E-state index contributed by atoms with van der Waals surface area (Å²) in [6.07, 6.45) is 10.2. The lowest BCUT2D eigenvalue weighted by Crippen LogP contribution is -1.77. The summed E-state index contributed by atoms with van der Waals surface area (Å²) in [6.45, 7) is 2.21. The van der Waals surface area contributed by atoms with E-state index in [1.54, 1.807) is 0 Å². The molecule has 0 atom stereocenters. The van der Waals surface area contributed by atoms with Crippen LogP contribution in [0.2, 0.25) is 0 Å². The zero-order chi connectivity index (χ0) is 8.53. The third-order valence-corrected chi connectivity index (χ3v) is 1.80. The van der Waals surface area contributed by atoms with E-state index < -0.39 is 0 Å². The van der Waals surface area contributed by atoms with Crippen molar-refractivity contribution in [1.29, 1.82) is 0 Å². The number of halogens is 2. The zero-order valence-corrected chi connectivity index (χ0v) is 8.54. The van der Waals surface area contributed by atoms with Crippen molar-refractivity contribution in [1.82, 2.24) is 0 Å². The number of hydrogen-bond acceptors (Lipinski definition) is 0. The highest BCUT2D eigenvalue weighted by Crippen LogP contribution is 2.06. The fourth-order valence-corrected chi connectivity index (χ4v) is 1.09. The van der Waals surface area contributed by atoms with Crippen LogP contribution in [0.25, 0.3) is 0 Å². The molecular formula is C9H16Cl2. The van der Waals surface area contributed by atoms with E-state index in [4.69, 9.17) is 23.2 Å². The lowest BCUT2D eigenvalue weighted by molar-refractivity contribution is 0.674. The number of hydrogen-bond donors (Lipinski definition) is 0. The quantitative estimate of drug-likeness (QED) is 0.336. The molecule has 66 valence electrons. The molecular weight excluding hydrogens is 179 g/mol. The Hall–Kier alpha value is 0.320. The maximum absolute atomic E-state index is 5.50. The maximum atomic E-state index is 5.50. The van der Waals surface area contributed by atoms with Crippen LogP contribution in [0, 0.1) is 0 Å². The molecule has 0 spiro atoms. The van der Waals surface area contributed by atoms with Crippen molar-refractivity contribution in [2.24, 2.45) is 0 Å². The predicted molar refractivity (Wildman–Crippen MR) is 53.4 cm³/mol. The van der Waals surface area contributed by atoms with Gasteiger partial charge in [-0.25, -0.2) is 0 Å². The first kappa shape index (κ1) is 11.3. The normalized spacial score (nSPS) is 11.6. The van der Waals surface area contributed by atoms with Crippen LogP contribution in [0.3, 0.4) is 0 Å². The van der Waals surface area contributed by atoms with Gasteiger partial charge in [0.25, 0.3) is 0 Å². The number of allylic oxidation sites excluding steroid dienone is 2. The van der Waals surface area contributed by atoms with E-state index in [-0.39, 0.29) is 4.84 Å². The third kappa shape index (κ3) is 10.3. The van der Waals surface area contributed by atoms with Gasteiger partial charge in [0.15, 0.2) is 0 Å². The monoisotopic (exact) mass is 194 g/mol. The van der Waals surface area contributed by atoms with Crippen LogP contribution in [0.4, 0.5) is 0 Å². The van der Waals surface area contributed by atoms with Crippen molar-refractivity contribution in [2.45, 2.75) is 43.9 Å². The van der Waals surface area contributed by atoms with E-state index >= 15 is 0 Å². The van der Waals surface area contributed by atoms with Gasteiger partial charge in [-0.15, -0.1) is 23.2 Å². The van der Waals surface area contributed by atoms with E-state index in [1.807, 2.05) is 6.08 Å². The minimum absolute atomic E-state index is 0.332. The number of unbranched alkanes of at least 4 members (excludes halogenated alkanes) is 4. The molecule has 0 amide bonds. The highest BCUT2D eigenvalue weighted by Gasteiger charge is 1.88. The standard InChI is InChI=1S/C9H16Cl2/c1-2-3-4-5-6-7-8-9(10)11/h7-9H,2-6H2,1H3/b8-7+. The minimum Gasteiger partial charge on any atom is -0.101 e. The van der Waals surface area contributed by atoms with Gasteiger partial charge in [-0.1, -0.05) is 38.3 Å². The van der Waals surface area contributed by atoms with Crippen LogP contribution < -0.4 is 0 Å². The van der Waals surface area contributed by atoms with Gasteiger partial charge in [0.05, 0.1) is 0 Å². The fraction of sp³-hybridized carbons (Fsp3) is 0.778. The predicted octanol–water partition coefficient (Wildman–Crippen LogP) is 4.32. The van der Waals surface area contributed by atoms with Crippen LogP contribution in [0.15, 0.2) is 12.2 Å². The molecule has 0 radical (unpaired) electrons. The van der Waals surface area contributed by atoms with Gasteiger partial charge in [-0.2, -0.15) is 0 Å². The van der Waals surface area contributed by atoms with Crippen LogP contribution in [-0.2, 0) is 0 Å². The molecule has 0 bridgehead atoms. The Morgan fingerprint density at radius 1 is 1.18 bits per heavy atom. The van der Waals surface area contributed by atoms with Crippen LogP contribution in [-0.4, -0.2) is 4.84 Å². The van der Waals surface area contributed by atoms with E-state index in [0.717, 1.165) is 6.42 Å². The number of rotatable bonds is 6. The second-order valence-corrected chi connectivity index (χ2v) is 3.78. The molecule has 0 aliphatic heterocycles. The molecule has 0 saturated heterocycles. The van der Waals surface area contributed by atoms with E-state index in [9.17, 15) is 0 Å². The van der Waals surface area contributed by atoms with Gasteiger partial charge < -0.3 is 0 Å². The molecule has 0 saturated carbocycles. The Bertz CT molecular complexity index is 97.7. The van der Waals surface area contributed by atoms with Gasteiger partial charge in [0, 0.05) is 0 Å². The molecule has 2 heteroatoms. The minimum atomic E-state index is -0.332. The highest BCUT2D eigenvalue weighted by molar-refractivity contribution is 6.45. The Labute approximate surface area is 79.6 Å². The van der Waals surface area contributed by atoms with Gasteiger partial charge >= 0.3 is 0 Å². The van der Waals surface area contributed by atoms with Crippen LogP contribution >= 0.6 is 23.2 Å². The Morgan fingerprint density at radius 2 is 1.91 bits per heavy atom. The summed E-state index contributed by atoms with van der Waals surface area (Å²) in [7, 11) is 0. The van der Waals surface area contributed by atoms with Gasteiger partial charge in [0.2, 0.25) is 0 Å². The summed E-state index contributed by atoms with van der Waals surface area (Å²) in [4.78, 5) is -0.332. The van der Waals surface area contributed by atoms with Crippen molar-refractivity contribution in [3.63, 3.8) is 0 Å². The summed E-state index contributed by atoms with van der Waals surface area (Å²) >= 11 is 11.0. The lowest BCUT2D eigenvalue weighted by atomic mass is 10.1. The second-order valence-electron chi connectivity index (χ2n) is 2.61. The van der Waals surface area contributed by atoms with E-state index in [2.05, 4.69) is 13.0 Å². The smallest absolute Gasteiger partial charge is 0.101 e. The first-order chi connectivity index (χ1) is 5.27. The molecule has 0 aliphatic carbocycles. The first-order valence-corrected chi connectivity index (χ1v) is 5.09.